The number of ether oxygens (including phenoxy) is 2. The normalized spacial score (nSPS) is 20.4. The molecular formula is C37H53N3O6S. The summed E-state index contributed by atoms with van der Waals surface area (Å²) in [6.45, 7) is 19.1. The molecule has 9 nitrogen and oxygen atoms in total. The second-order valence-electron chi connectivity index (χ2n) is 11.7. The average molecular weight is 668 g/mol. The summed E-state index contributed by atoms with van der Waals surface area (Å²) >= 11 is 0. The highest BCUT2D eigenvalue weighted by Crippen LogP contribution is 2.47. The van der Waals surface area contributed by atoms with Crippen molar-refractivity contribution in [2.24, 2.45) is 0 Å². The number of hydrogen-bond acceptors (Lipinski definition) is 9. The molecule has 3 aliphatic heterocycles. The first kappa shape index (κ1) is 37.8. The molecule has 5 rings (SSSR count). The number of carbonyl (C=O) groups excluding carboxylic acids is 2. The molecule has 1 fully saturated rings. The molecule has 47 heavy (non-hydrogen) atoms. The van der Waals surface area contributed by atoms with Gasteiger partial charge in [-0.3, -0.25) is 4.90 Å². The molecule has 2 aromatic carbocycles. The Morgan fingerprint density at radius 2 is 1.66 bits per heavy atom. The molecule has 2 N–H and O–H groups in total. The van der Waals surface area contributed by atoms with Gasteiger partial charge in [-0.25, -0.2) is 18.0 Å². The molecule has 2 atom stereocenters. The number of hydrogen-bond donors (Lipinski definition) is 2. The van der Waals surface area contributed by atoms with E-state index in [1.165, 1.54) is 0 Å². The average Bonchev–Trinajstić information content (AvgIpc) is 3.03. The lowest BCUT2D eigenvalue weighted by molar-refractivity contribution is -0.147. The van der Waals surface area contributed by atoms with Crippen LogP contribution in [0.15, 0.2) is 52.9 Å². The monoisotopic (exact) mass is 667 g/mol. The number of aryl methyl sites for hydroxylation is 3. The number of benzene rings is 2. The summed E-state index contributed by atoms with van der Waals surface area (Å²) in [5.41, 5.74) is 8.95. The van der Waals surface area contributed by atoms with Crippen LogP contribution in [0, 0.1) is 27.7 Å². The first-order chi connectivity index (χ1) is 22.4. The predicted molar refractivity (Wildman–Crippen MR) is 189 cm³/mol. The van der Waals surface area contributed by atoms with Crippen LogP contribution in [0.2, 0.25) is 0 Å². The molecule has 10 heteroatoms. The SMILES string of the molecule is CC.CC.CCOC(=O)C1=C(CN2CCS(=O)(=O)CC2)NC2=C(C(=O)OC(c3c(C)cc(C)cc3C)C2)C1c1cccc(NC)c1C. The standard InChI is InChI=1S/C33H41N3O6S.2C2H6/c1-7-41-32(37)31-26(18-36-11-13-43(39,40)14-12-36)35-25-17-27(28-20(3)15-19(2)16-21(28)4)42-33(38)30(25)29(31)23-9-8-10-24(34-6)22(23)5;2*1-2/h8-10,15-16,27,29,34-35H,7,11-14,17-18H2,1-6H3;2*1-2H3. The van der Waals surface area contributed by atoms with Crippen LogP contribution in [-0.2, 0) is 28.9 Å². The summed E-state index contributed by atoms with van der Waals surface area (Å²) in [5.74, 6) is -1.57. The van der Waals surface area contributed by atoms with Crippen LogP contribution in [0.1, 0.15) is 86.4 Å². The molecule has 0 bridgehead atoms. The largest absolute Gasteiger partial charge is 0.463 e. The van der Waals surface area contributed by atoms with E-state index in [9.17, 15) is 18.0 Å². The summed E-state index contributed by atoms with van der Waals surface area (Å²) in [6, 6.07) is 9.99. The molecule has 3 aliphatic rings. The van der Waals surface area contributed by atoms with Crippen LogP contribution >= 0.6 is 0 Å². The summed E-state index contributed by atoms with van der Waals surface area (Å²) < 4.78 is 36.1. The summed E-state index contributed by atoms with van der Waals surface area (Å²) in [5, 5.41) is 6.70. The van der Waals surface area contributed by atoms with E-state index in [0.29, 0.717) is 48.6 Å². The lowest BCUT2D eigenvalue weighted by Gasteiger charge is -2.39. The number of dihydropyridines is 1. The molecule has 0 spiro atoms. The molecule has 0 aliphatic carbocycles. The molecule has 258 valence electrons. The van der Waals surface area contributed by atoms with Gasteiger partial charge in [0.05, 0.1) is 35.2 Å². The van der Waals surface area contributed by atoms with Crippen molar-refractivity contribution < 1.29 is 27.5 Å². The first-order valence-electron chi connectivity index (χ1n) is 16.8. The predicted octanol–water partition coefficient (Wildman–Crippen LogP) is 6.19. The van der Waals surface area contributed by atoms with E-state index in [-0.39, 0.29) is 18.1 Å². The third-order valence-corrected chi connectivity index (χ3v) is 10.3. The number of anilines is 1. The Morgan fingerprint density at radius 1 is 1.04 bits per heavy atom. The number of carbonyl (C=O) groups is 2. The Hall–Kier alpha value is -3.63. The van der Waals surface area contributed by atoms with Gasteiger partial charge >= 0.3 is 11.9 Å². The quantitative estimate of drug-likeness (QED) is 0.334. The molecule has 2 aromatic rings. The summed E-state index contributed by atoms with van der Waals surface area (Å²) in [6.07, 6.45) is -0.0728. The van der Waals surface area contributed by atoms with Gasteiger partial charge in [-0.2, -0.15) is 0 Å². The van der Waals surface area contributed by atoms with Gasteiger partial charge < -0.3 is 20.1 Å². The van der Waals surface area contributed by atoms with Crippen molar-refractivity contribution in [2.45, 2.75) is 80.8 Å². The zero-order valence-electron chi connectivity index (χ0n) is 29.8. The van der Waals surface area contributed by atoms with Gasteiger partial charge in [0, 0.05) is 50.2 Å². The van der Waals surface area contributed by atoms with Crippen molar-refractivity contribution in [2.75, 3.05) is 50.1 Å². The fraction of sp³-hybridized carbons (Fsp3) is 0.514. The number of esters is 2. The van der Waals surface area contributed by atoms with Gasteiger partial charge in [-0.1, -0.05) is 57.5 Å². The van der Waals surface area contributed by atoms with Gasteiger partial charge in [0.1, 0.15) is 6.10 Å². The van der Waals surface area contributed by atoms with Crippen molar-refractivity contribution >= 4 is 27.5 Å². The number of sulfone groups is 1. The van der Waals surface area contributed by atoms with Crippen molar-refractivity contribution in [3.8, 4) is 0 Å². The smallest absolute Gasteiger partial charge is 0.337 e. The van der Waals surface area contributed by atoms with Crippen LogP contribution in [0.5, 0.6) is 0 Å². The van der Waals surface area contributed by atoms with Gasteiger partial charge in [0.15, 0.2) is 9.84 Å². The van der Waals surface area contributed by atoms with Crippen LogP contribution in [0.3, 0.4) is 0 Å². The third kappa shape index (κ3) is 8.27. The van der Waals surface area contributed by atoms with Gasteiger partial charge in [-0.05, 0) is 68.5 Å². The minimum atomic E-state index is -3.08. The van der Waals surface area contributed by atoms with Crippen LogP contribution in [0.25, 0.3) is 0 Å². The van der Waals surface area contributed by atoms with E-state index in [0.717, 1.165) is 39.1 Å². The van der Waals surface area contributed by atoms with Gasteiger partial charge in [0.2, 0.25) is 0 Å². The molecule has 0 aromatic heterocycles. The number of rotatable bonds is 7. The zero-order valence-corrected chi connectivity index (χ0v) is 30.6. The minimum Gasteiger partial charge on any atom is -0.463 e. The maximum absolute atomic E-state index is 14.1. The highest BCUT2D eigenvalue weighted by molar-refractivity contribution is 7.91. The minimum absolute atomic E-state index is 0.0656. The number of cyclic esters (lactones) is 1. The molecular weight excluding hydrogens is 614 g/mol. The van der Waals surface area contributed by atoms with Crippen molar-refractivity contribution in [1.29, 1.82) is 0 Å². The highest BCUT2D eigenvalue weighted by Gasteiger charge is 2.45. The second kappa shape index (κ2) is 16.5. The van der Waals surface area contributed by atoms with Gasteiger partial charge in [-0.15, -0.1) is 0 Å². The Balaban J connectivity index is 0.00000144. The number of nitrogens with zero attached hydrogens (tertiary/aromatic N) is 1. The van der Waals surface area contributed by atoms with E-state index < -0.39 is 33.8 Å². The van der Waals surface area contributed by atoms with Crippen LogP contribution in [-0.4, -0.2) is 70.1 Å². The summed E-state index contributed by atoms with van der Waals surface area (Å²) in [7, 11) is -1.25. The van der Waals surface area contributed by atoms with E-state index in [1.54, 1.807) is 6.92 Å². The fourth-order valence-corrected chi connectivity index (χ4v) is 8.02. The zero-order chi connectivity index (χ0) is 35.1. The van der Waals surface area contributed by atoms with Gasteiger partial charge in [0.25, 0.3) is 0 Å². The molecule has 0 amide bonds. The van der Waals surface area contributed by atoms with Crippen molar-refractivity contribution in [1.82, 2.24) is 10.2 Å². The fourth-order valence-electron chi connectivity index (χ4n) is 6.75. The molecule has 0 radical (unpaired) electrons. The van der Waals surface area contributed by atoms with E-state index in [4.69, 9.17) is 9.47 Å². The van der Waals surface area contributed by atoms with Crippen molar-refractivity contribution in [3.63, 3.8) is 0 Å². The Morgan fingerprint density at radius 3 is 2.23 bits per heavy atom. The lowest BCUT2D eigenvalue weighted by atomic mass is 9.76. The highest BCUT2D eigenvalue weighted by atomic mass is 32.2. The Bertz CT molecular complexity index is 1610. The van der Waals surface area contributed by atoms with E-state index in [1.807, 2.05) is 85.5 Å². The maximum Gasteiger partial charge on any atom is 0.337 e. The Labute approximate surface area is 281 Å². The first-order valence-corrected chi connectivity index (χ1v) is 18.6. The van der Waals surface area contributed by atoms with Crippen molar-refractivity contribution in [3.05, 3.63) is 86.3 Å². The molecule has 2 unspecified atom stereocenters. The van der Waals surface area contributed by atoms with Crippen LogP contribution in [0.4, 0.5) is 5.69 Å². The molecule has 1 saturated heterocycles. The third-order valence-electron chi connectivity index (χ3n) is 8.72. The van der Waals surface area contributed by atoms with E-state index in [2.05, 4.69) is 22.8 Å². The number of nitrogens with one attached hydrogen (secondary N) is 2. The Kier molecular flexibility index (Phi) is 13.2. The maximum atomic E-state index is 14.1. The topological polar surface area (TPSA) is 114 Å². The summed E-state index contributed by atoms with van der Waals surface area (Å²) in [4.78, 5) is 29.9. The molecule has 3 heterocycles. The van der Waals surface area contributed by atoms with Crippen LogP contribution < -0.4 is 10.6 Å². The van der Waals surface area contributed by atoms with E-state index >= 15 is 0 Å². The second-order valence-corrected chi connectivity index (χ2v) is 14.0. The molecule has 0 saturated carbocycles. The lowest BCUT2D eigenvalue weighted by Crippen LogP contribution is -2.45.